The van der Waals surface area contributed by atoms with Gasteiger partial charge in [0.05, 0.1) is 11.3 Å². The first kappa shape index (κ1) is 16.9. The van der Waals surface area contributed by atoms with E-state index in [9.17, 15) is 13.6 Å². The van der Waals surface area contributed by atoms with Gasteiger partial charge < -0.3 is 5.73 Å². The number of thiol groups is 1. The number of hydrogen-bond donors (Lipinski definition) is 2. The molecule has 19 heavy (non-hydrogen) atoms. The Morgan fingerprint density at radius 2 is 1.84 bits per heavy atom. The molecule has 0 spiro atoms. The van der Waals surface area contributed by atoms with Gasteiger partial charge >= 0.3 is 5.92 Å². The van der Waals surface area contributed by atoms with Crippen molar-refractivity contribution in [2.45, 2.75) is 69.6 Å². The summed E-state index contributed by atoms with van der Waals surface area (Å²) >= 11 is 3.88. The number of carbonyl (C=O) groups is 1. The van der Waals surface area contributed by atoms with Crippen molar-refractivity contribution in [3.63, 3.8) is 0 Å². The van der Waals surface area contributed by atoms with Crippen LogP contribution < -0.4 is 5.73 Å². The Hall–Kier alpha value is -0.160. The second kappa shape index (κ2) is 7.02. The highest BCUT2D eigenvalue weighted by atomic mass is 32.1. The van der Waals surface area contributed by atoms with Gasteiger partial charge in [-0.3, -0.25) is 4.79 Å². The van der Waals surface area contributed by atoms with E-state index in [4.69, 9.17) is 5.73 Å². The predicted octanol–water partition coefficient (Wildman–Crippen LogP) is 3.44. The van der Waals surface area contributed by atoms with Crippen LogP contribution in [0, 0.1) is 11.8 Å². The Balaban J connectivity index is 2.59. The van der Waals surface area contributed by atoms with Gasteiger partial charge in [0, 0.05) is 0 Å². The highest BCUT2D eigenvalue weighted by molar-refractivity contribution is 7.81. The minimum absolute atomic E-state index is 0.320. The summed E-state index contributed by atoms with van der Waals surface area (Å²) in [5.41, 5.74) is 5.71. The zero-order chi connectivity index (χ0) is 14.6. The Morgan fingerprint density at radius 3 is 2.32 bits per heavy atom. The molecule has 1 fully saturated rings. The fourth-order valence-corrected chi connectivity index (χ4v) is 2.83. The molecule has 0 heterocycles. The van der Waals surface area contributed by atoms with E-state index in [1.807, 2.05) is 0 Å². The fraction of sp³-hybridized carbons (Fsp3) is 0.929. The summed E-state index contributed by atoms with van der Waals surface area (Å²) in [6.07, 6.45) is 5.81. The molecule has 0 aromatic rings. The SMILES string of the molecule is CC(C)C(S)C(F)(F)C(=O)C(N)CC1CCCCC1. The number of rotatable bonds is 6. The van der Waals surface area contributed by atoms with E-state index in [0.717, 1.165) is 25.7 Å². The van der Waals surface area contributed by atoms with Crippen LogP contribution in [0.3, 0.4) is 0 Å². The van der Waals surface area contributed by atoms with Crippen molar-refractivity contribution >= 4 is 18.4 Å². The number of Topliss-reactive ketones (excluding diaryl/α,β-unsaturated/α-hetero) is 1. The second-order valence-corrected chi connectivity index (χ2v) is 6.58. The van der Waals surface area contributed by atoms with Crippen LogP contribution in [0.5, 0.6) is 0 Å². The van der Waals surface area contributed by atoms with Crippen molar-refractivity contribution in [2.24, 2.45) is 17.6 Å². The van der Waals surface area contributed by atoms with Gasteiger partial charge in [-0.1, -0.05) is 46.0 Å². The van der Waals surface area contributed by atoms with E-state index in [1.54, 1.807) is 13.8 Å². The molecule has 2 atom stereocenters. The van der Waals surface area contributed by atoms with Crippen molar-refractivity contribution < 1.29 is 13.6 Å². The zero-order valence-electron chi connectivity index (χ0n) is 11.7. The lowest BCUT2D eigenvalue weighted by molar-refractivity contribution is -0.146. The van der Waals surface area contributed by atoms with Gasteiger partial charge in [0.1, 0.15) is 0 Å². The van der Waals surface area contributed by atoms with Gasteiger partial charge in [-0.05, 0) is 18.3 Å². The summed E-state index contributed by atoms with van der Waals surface area (Å²) in [6.45, 7) is 3.26. The molecule has 0 bridgehead atoms. The van der Waals surface area contributed by atoms with E-state index >= 15 is 0 Å². The molecule has 0 saturated heterocycles. The summed E-state index contributed by atoms with van der Waals surface area (Å²) in [7, 11) is 0. The normalized spacial score (nSPS) is 21.4. The molecule has 1 saturated carbocycles. The second-order valence-electron chi connectivity index (χ2n) is 6.02. The number of hydrogen-bond acceptors (Lipinski definition) is 3. The number of halogens is 2. The van der Waals surface area contributed by atoms with Gasteiger partial charge in [0.25, 0.3) is 0 Å². The molecule has 0 aromatic carbocycles. The van der Waals surface area contributed by atoms with Crippen molar-refractivity contribution in [3.05, 3.63) is 0 Å². The molecule has 2 N–H and O–H groups in total. The summed E-state index contributed by atoms with van der Waals surface area (Å²) in [5, 5.41) is -1.27. The van der Waals surface area contributed by atoms with Crippen LogP contribution in [-0.4, -0.2) is 23.0 Å². The Morgan fingerprint density at radius 1 is 1.32 bits per heavy atom. The summed E-state index contributed by atoms with van der Waals surface area (Å²) in [6, 6.07) is -1.06. The van der Waals surface area contributed by atoms with E-state index in [-0.39, 0.29) is 5.92 Å². The molecule has 0 aromatic heterocycles. The minimum Gasteiger partial charge on any atom is -0.321 e. The molecule has 1 aliphatic rings. The van der Waals surface area contributed by atoms with Gasteiger partial charge in [-0.25, -0.2) is 0 Å². The van der Waals surface area contributed by atoms with E-state index in [1.165, 1.54) is 6.42 Å². The van der Waals surface area contributed by atoms with E-state index in [0.29, 0.717) is 12.3 Å². The molecule has 5 heteroatoms. The molecule has 2 nitrogen and oxygen atoms in total. The quantitative estimate of drug-likeness (QED) is 0.737. The van der Waals surface area contributed by atoms with Gasteiger partial charge in [0.15, 0.2) is 0 Å². The molecule has 0 radical (unpaired) electrons. The van der Waals surface area contributed by atoms with Crippen LogP contribution in [0.15, 0.2) is 0 Å². The maximum atomic E-state index is 14.0. The largest absolute Gasteiger partial charge is 0.321 e. The monoisotopic (exact) mass is 293 g/mol. The lowest BCUT2D eigenvalue weighted by atomic mass is 9.83. The predicted molar refractivity (Wildman–Crippen MR) is 76.7 cm³/mol. The number of alkyl halides is 2. The van der Waals surface area contributed by atoms with Crippen LogP contribution in [-0.2, 0) is 4.79 Å². The first-order chi connectivity index (χ1) is 8.76. The highest BCUT2D eigenvalue weighted by Gasteiger charge is 2.48. The van der Waals surface area contributed by atoms with Crippen LogP contribution in [0.25, 0.3) is 0 Å². The lowest BCUT2D eigenvalue weighted by Gasteiger charge is -2.29. The minimum atomic E-state index is -3.44. The molecule has 0 amide bonds. The van der Waals surface area contributed by atoms with Crippen molar-refractivity contribution in [1.29, 1.82) is 0 Å². The van der Waals surface area contributed by atoms with E-state index < -0.39 is 23.0 Å². The third-order valence-electron chi connectivity index (χ3n) is 3.98. The topological polar surface area (TPSA) is 43.1 Å². The molecular weight excluding hydrogens is 268 g/mol. The van der Waals surface area contributed by atoms with Gasteiger partial charge in [-0.2, -0.15) is 21.4 Å². The fourth-order valence-electron chi connectivity index (χ4n) is 2.70. The Kier molecular flexibility index (Phi) is 6.24. The maximum absolute atomic E-state index is 14.0. The Labute approximate surface area is 119 Å². The molecule has 2 unspecified atom stereocenters. The van der Waals surface area contributed by atoms with Crippen molar-refractivity contribution in [2.75, 3.05) is 0 Å². The molecule has 1 rings (SSSR count). The smallest absolute Gasteiger partial charge is 0.318 e. The summed E-state index contributed by atoms with van der Waals surface area (Å²) < 4.78 is 27.9. The lowest BCUT2D eigenvalue weighted by Crippen LogP contribution is -2.50. The molecule has 112 valence electrons. The zero-order valence-corrected chi connectivity index (χ0v) is 12.6. The van der Waals surface area contributed by atoms with Crippen LogP contribution >= 0.6 is 12.6 Å². The average Bonchev–Trinajstić information content (AvgIpc) is 2.37. The summed E-state index contributed by atoms with van der Waals surface area (Å²) in [5.74, 6) is -4.64. The molecular formula is C14H25F2NOS. The standard InChI is InChI=1S/C14H25F2NOS/c1-9(2)13(19)14(15,16)12(18)11(17)8-10-6-4-3-5-7-10/h9-11,13,19H,3-8,17H2,1-2H3. The van der Waals surface area contributed by atoms with Crippen LogP contribution in [0.1, 0.15) is 52.4 Å². The van der Waals surface area contributed by atoms with Gasteiger partial charge in [-0.15, -0.1) is 0 Å². The number of carbonyl (C=O) groups excluding carboxylic acids is 1. The number of nitrogens with two attached hydrogens (primary N) is 1. The van der Waals surface area contributed by atoms with Crippen LogP contribution in [0.4, 0.5) is 8.78 Å². The molecule has 0 aliphatic heterocycles. The average molecular weight is 293 g/mol. The summed E-state index contributed by atoms with van der Waals surface area (Å²) in [4.78, 5) is 11.9. The maximum Gasteiger partial charge on any atom is 0.318 e. The van der Waals surface area contributed by atoms with Crippen LogP contribution in [0.2, 0.25) is 0 Å². The van der Waals surface area contributed by atoms with E-state index in [2.05, 4.69) is 12.6 Å². The highest BCUT2D eigenvalue weighted by Crippen LogP contribution is 2.33. The van der Waals surface area contributed by atoms with Crippen molar-refractivity contribution in [1.82, 2.24) is 0 Å². The van der Waals surface area contributed by atoms with Gasteiger partial charge in [0.2, 0.25) is 5.78 Å². The third-order valence-corrected chi connectivity index (χ3v) is 4.90. The first-order valence-electron chi connectivity index (χ1n) is 7.12. The van der Waals surface area contributed by atoms with Crippen molar-refractivity contribution in [3.8, 4) is 0 Å². The number of ketones is 1. The first-order valence-corrected chi connectivity index (χ1v) is 7.64. The molecule has 1 aliphatic carbocycles. The Bertz CT molecular complexity index is 304. The third kappa shape index (κ3) is 4.42.